The maximum Gasteiger partial charge on any atom is 0.450 e. The number of nitriles is 1. The number of carbonyl (C=O) groups excluding carboxylic acids is 1. The van der Waals surface area contributed by atoms with E-state index < -0.39 is 30.0 Å². The summed E-state index contributed by atoms with van der Waals surface area (Å²) in [5.41, 5.74) is 0.557. The zero-order valence-electron chi connectivity index (χ0n) is 17.9. The number of ether oxygens (including phenoxy) is 1. The summed E-state index contributed by atoms with van der Waals surface area (Å²) in [5.74, 6) is -1.87. The Morgan fingerprint density at radius 3 is 2.69 bits per heavy atom. The summed E-state index contributed by atoms with van der Waals surface area (Å²) in [4.78, 5) is 12.4. The summed E-state index contributed by atoms with van der Waals surface area (Å²) in [6, 6.07) is 8.58. The number of aryl methyl sites for hydroxylation is 1. The molecule has 1 aromatic heterocycles. The van der Waals surface area contributed by atoms with E-state index in [1.807, 2.05) is 26.0 Å². The van der Waals surface area contributed by atoms with Crippen LogP contribution in [0.3, 0.4) is 0 Å². The van der Waals surface area contributed by atoms with Crippen molar-refractivity contribution < 1.29 is 22.7 Å². The Balaban J connectivity index is 1.86. The lowest BCUT2D eigenvalue weighted by Crippen LogP contribution is -2.24. The van der Waals surface area contributed by atoms with Crippen LogP contribution >= 0.6 is 0 Å². The van der Waals surface area contributed by atoms with Crippen molar-refractivity contribution in [3.05, 3.63) is 47.2 Å². The van der Waals surface area contributed by atoms with Crippen LogP contribution < -0.4 is 5.32 Å². The monoisotopic (exact) mass is 447 g/mol. The summed E-state index contributed by atoms with van der Waals surface area (Å²) in [6.07, 6.45) is -1.90. The second-order valence-electron chi connectivity index (χ2n) is 7.79. The molecule has 1 aromatic carbocycles. The quantitative estimate of drug-likeness (QED) is 0.517. The molecule has 0 spiro atoms. The number of benzene rings is 1. The Bertz CT molecular complexity index is 1050. The van der Waals surface area contributed by atoms with Gasteiger partial charge in [-0.15, -0.1) is 10.2 Å². The van der Waals surface area contributed by atoms with E-state index in [-0.39, 0.29) is 11.7 Å². The third-order valence-electron chi connectivity index (χ3n) is 5.13. The normalized spacial score (nSPS) is 14.8. The van der Waals surface area contributed by atoms with Crippen molar-refractivity contribution in [2.24, 2.45) is 0 Å². The first kappa shape index (κ1) is 23.3. The average molecular weight is 447 g/mol. The minimum Gasteiger partial charge on any atom is -0.478 e. The first-order valence-electron chi connectivity index (χ1n) is 10.4. The van der Waals surface area contributed by atoms with E-state index in [2.05, 4.69) is 15.5 Å². The first-order valence-corrected chi connectivity index (χ1v) is 10.4. The molecule has 0 saturated heterocycles. The van der Waals surface area contributed by atoms with Crippen molar-refractivity contribution in [3.8, 4) is 6.07 Å². The third-order valence-corrected chi connectivity index (χ3v) is 5.13. The molecular weight excluding hydrogens is 423 g/mol. The van der Waals surface area contributed by atoms with Crippen LogP contribution in [0, 0.1) is 11.3 Å². The Morgan fingerprint density at radius 1 is 1.25 bits per heavy atom. The van der Waals surface area contributed by atoms with Gasteiger partial charge in [0.2, 0.25) is 5.76 Å². The molecule has 2 aromatic rings. The number of rotatable bonds is 6. The van der Waals surface area contributed by atoms with Crippen LogP contribution in [-0.4, -0.2) is 33.5 Å². The Hall–Kier alpha value is -3.35. The topological polar surface area (TPSA) is 92.8 Å². The number of para-hydroxylation sites is 1. The van der Waals surface area contributed by atoms with Crippen molar-refractivity contribution in [2.75, 3.05) is 11.9 Å². The van der Waals surface area contributed by atoms with Crippen molar-refractivity contribution in [3.63, 3.8) is 0 Å². The predicted octanol–water partition coefficient (Wildman–Crippen LogP) is 4.58. The molecule has 1 N–H and O–H groups in total. The number of nitrogens with one attached hydrogen (secondary N) is 1. The predicted molar refractivity (Wildman–Crippen MR) is 111 cm³/mol. The van der Waals surface area contributed by atoms with Gasteiger partial charge in [-0.1, -0.05) is 38.5 Å². The second kappa shape index (κ2) is 9.85. The number of aromatic nitrogens is 3. The molecule has 7 nitrogen and oxygen atoms in total. The highest BCUT2D eigenvalue weighted by Crippen LogP contribution is 2.33. The number of fused-ring (bicyclic) bond motifs is 1. The van der Waals surface area contributed by atoms with E-state index in [1.165, 1.54) is 4.57 Å². The van der Waals surface area contributed by atoms with Gasteiger partial charge in [0, 0.05) is 18.7 Å². The van der Waals surface area contributed by atoms with E-state index in [0.717, 1.165) is 24.8 Å². The summed E-state index contributed by atoms with van der Waals surface area (Å²) >= 11 is 0. The van der Waals surface area contributed by atoms with E-state index in [9.17, 15) is 23.2 Å². The van der Waals surface area contributed by atoms with Gasteiger partial charge in [0.15, 0.2) is 12.4 Å². The van der Waals surface area contributed by atoms with Gasteiger partial charge in [-0.3, -0.25) is 4.79 Å². The Labute approximate surface area is 183 Å². The largest absolute Gasteiger partial charge is 0.478 e. The van der Waals surface area contributed by atoms with E-state index in [0.29, 0.717) is 24.5 Å². The molecule has 0 aliphatic carbocycles. The highest BCUT2D eigenvalue weighted by molar-refractivity contribution is 5.92. The maximum absolute atomic E-state index is 13.8. The number of amides is 1. The number of nitrogens with zero attached hydrogens (tertiary/aromatic N) is 4. The fraction of sp³-hybridized carbons (Fsp3) is 0.455. The summed E-state index contributed by atoms with van der Waals surface area (Å²) in [7, 11) is 0. The van der Waals surface area contributed by atoms with Gasteiger partial charge < -0.3 is 14.6 Å². The highest BCUT2D eigenvalue weighted by atomic mass is 19.4. The van der Waals surface area contributed by atoms with E-state index in [1.54, 1.807) is 18.2 Å². The molecule has 3 rings (SSSR count). The average Bonchev–Trinajstić information content (AvgIpc) is 2.97. The van der Waals surface area contributed by atoms with E-state index in [4.69, 9.17) is 4.74 Å². The molecule has 0 fully saturated rings. The standard InChI is InChI=1S/C22H24F3N5O2/c1-14(2)15-8-5-6-9-17(15)27-19(31)13-32-20(22(23,24)25)16(12-26)21-29-28-18-10-4-3-7-11-30(18)21/h5-6,8-9,14H,3-4,7,10-11,13H2,1-2H3,(H,27,31)/b20-16+. The van der Waals surface area contributed by atoms with Crippen LogP contribution in [0.2, 0.25) is 0 Å². The van der Waals surface area contributed by atoms with Crippen LogP contribution in [0.4, 0.5) is 18.9 Å². The minimum atomic E-state index is -4.99. The smallest absolute Gasteiger partial charge is 0.450 e. The van der Waals surface area contributed by atoms with E-state index >= 15 is 0 Å². The van der Waals surface area contributed by atoms with Crippen molar-refractivity contribution in [1.29, 1.82) is 5.26 Å². The molecular formula is C22H24F3N5O2. The maximum atomic E-state index is 13.8. The fourth-order valence-corrected chi connectivity index (χ4v) is 3.61. The molecule has 170 valence electrons. The first-order chi connectivity index (χ1) is 15.2. The number of carbonyl (C=O) groups is 1. The summed E-state index contributed by atoms with van der Waals surface area (Å²) in [5, 5.41) is 19.9. The van der Waals surface area contributed by atoms with Crippen molar-refractivity contribution in [2.45, 2.75) is 58.2 Å². The fourth-order valence-electron chi connectivity index (χ4n) is 3.61. The van der Waals surface area contributed by atoms with Crippen LogP contribution in [0.5, 0.6) is 0 Å². The lowest BCUT2D eigenvalue weighted by molar-refractivity contribution is -0.137. The number of allylic oxidation sites excluding steroid dienone is 2. The third kappa shape index (κ3) is 5.28. The zero-order chi connectivity index (χ0) is 23.3. The summed E-state index contributed by atoms with van der Waals surface area (Å²) in [6.45, 7) is 3.38. The Morgan fingerprint density at radius 2 is 2.00 bits per heavy atom. The summed E-state index contributed by atoms with van der Waals surface area (Å²) < 4.78 is 47.8. The number of halogens is 3. The van der Waals surface area contributed by atoms with Crippen molar-refractivity contribution >= 4 is 17.2 Å². The van der Waals surface area contributed by atoms with Crippen LogP contribution in [-0.2, 0) is 22.5 Å². The number of anilines is 1. The van der Waals surface area contributed by atoms with Gasteiger partial charge >= 0.3 is 6.18 Å². The molecule has 0 radical (unpaired) electrons. The van der Waals surface area contributed by atoms with Crippen LogP contribution in [0.15, 0.2) is 30.0 Å². The van der Waals surface area contributed by atoms with Gasteiger partial charge in [-0.25, -0.2) is 0 Å². The molecule has 1 aliphatic heterocycles. The minimum absolute atomic E-state index is 0.103. The number of hydrogen-bond acceptors (Lipinski definition) is 5. The van der Waals surface area contributed by atoms with Gasteiger partial charge in [0.05, 0.1) is 0 Å². The molecule has 0 bridgehead atoms. The lowest BCUT2D eigenvalue weighted by atomic mass is 10.0. The lowest BCUT2D eigenvalue weighted by Gasteiger charge is -2.17. The van der Waals surface area contributed by atoms with Gasteiger partial charge in [0.1, 0.15) is 17.5 Å². The molecule has 0 atom stereocenters. The second-order valence-corrected chi connectivity index (χ2v) is 7.79. The van der Waals surface area contributed by atoms with Crippen LogP contribution in [0.1, 0.15) is 56.2 Å². The SMILES string of the molecule is CC(C)c1ccccc1NC(=O)CO/C(=C(\C#N)c1nnc2n1CCCCC2)C(F)(F)F. The molecule has 1 amide bonds. The van der Waals surface area contributed by atoms with Gasteiger partial charge in [-0.05, 0) is 30.4 Å². The Kier molecular flexibility index (Phi) is 7.18. The molecule has 10 heteroatoms. The molecule has 1 aliphatic rings. The number of hydrogen-bond donors (Lipinski definition) is 1. The molecule has 2 heterocycles. The van der Waals surface area contributed by atoms with Crippen molar-refractivity contribution in [1.82, 2.24) is 14.8 Å². The zero-order valence-corrected chi connectivity index (χ0v) is 17.9. The molecule has 0 unspecified atom stereocenters. The van der Waals surface area contributed by atoms with Crippen LogP contribution in [0.25, 0.3) is 5.57 Å². The number of alkyl halides is 3. The van der Waals surface area contributed by atoms with Gasteiger partial charge in [-0.2, -0.15) is 18.4 Å². The molecule has 0 saturated carbocycles. The highest BCUT2D eigenvalue weighted by Gasteiger charge is 2.41. The molecule has 32 heavy (non-hydrogen) atoms. The van der Waals surface area contributed by atoms with Gasteiger partial charge in [0.25, 0.3) is 5.91 Å².